The van der Waals surface area contributed by atoms with Crippen LogP contribution in [0.15, 0.2) is 18.2 Å². The molecule has 0 saturated heterocycles. The standard InChI is InChI=1S/C8H4ClFO3/c9-5-2-1-4(3-6(5)10)7(11)8(12)13/h1-3H,(H,12,13). The molecule has 13 heavy (non-hydrogen) atoms. The number of carboxylic acid groups (broad SMARTS) is 1. The second kappa shape index (κ2) is 3.53. The summed E-state index contributed by atoms with van der Waals surface area (Å²) in [5, 5.41) is 8.14. The zero-order valence-electron chi connectivity index (χ0n) is 6.25. The number of aliphatic carboxylic acids is 1. The van der Waals surface area contributed by atoms with Crippen LogP contribution in [-0.4, -0.2) is 16.9 Å². The van der Waals surface area contributed by atoms with Gasteiger partial charge >= 0.3 is 5.97 Å². The molecule has 0 spiro atoms. The highest BCUT2D eigenvalue weighted by Crippen LogP contribution is 2.15. The van der Waals surface area contributed by atoms with Crippen LogP contribution in [0.25, 0.3) is 0 Å². The van der Waals surface area contributed by atoms with Gasteiger partial charge in [-0.2, -0.15) is 0 Å². The largest absolute Gasteiger partial charge is 0.475 e. The van der Waals surface area contributed by atoms with E-state index in [1.165, 1.54) is 0 Å². The lowest BCUT2D eigenvalue weighted by molar-refractivity contribution is -0.131. The van der Waals surface area contributed by atoms with Crippen LogP contribution in [0.5, 0.6) is 0 Å². The summed E-state index contributed by atoms with van der Waals surface area (Å²) in [6, 6.07) is 3.08. The molecule has 0 atom stereocenters. The van der Waals surface area contributed by atoms with E-state index in [9.17, 15) is 14.0 Å². The molecule has 0 aliphatic carbocycles. The molecule has 0 bridgehead atoms. The number of rotatable bonds is 2. The lowest BCUT2D eigenvalue weighted by atomic mass is 10.1. The third-order valence-corrected chi connectivity index (χ3v) is 1.68. The Balaban J connectivity index is 3.11. The van der Waals surface area contributed by atoms with Gasteiger partial charge in [-0.25, -0.2) is 9.18 Å². The van der Waals surface area contributed by atoms with Crippen LogP contribution < -0.4 is 0 Å². The SMILES string of the molecule is O=C(O)C(=O)c1ccc(Cl)c(F)c1. The first-order valence-electron chi connectivity index (χ1n) is 3.25. The van der Waals surface area contributed by atoms with Gasteiger partial charge in [-0.1, -0.05) is 11.6 Å². The van der Waals surface area contributed by atoms with E-state index in [2.05, 4.69) is 0 Å². The van der Waals surface area contributed by atoms with Crippen molar-refractivity contribution in [2.75, 3.05) is 0 Å². The van der Waals surface area contributed by atoms with Gasteiger partial charge in [0.15, 0.2) is 0 Å². The van der Waals surface area contributed by atoms with Crippen LogP contribution >= 0.6 is 11.6 Å². The molecule has 0 radical (unpaired) electrons. The van der Waals surface area contributed by atoms with E-state index in [0.717, 1.165) is 18.2 Å². The van der Waals surface area contributed by atoms with Crippen molar-refractivity contribution in [1.29, 1.82) is 0 Å². The Hall–Kier alpha value is -1.42. The van der Waals surface area contributed by atoms with E-state index in [4.69, 9.17) is 16.7 Å². The molecule has 0 heterocycles. The van der Waals surface area contributed by atoms with Gasteiger partial charge in [0.2, 0.25) is 0 Å². The van der Waals surface area contributed by atoms with E-state index in [-0.39, 0.29) is 10.6 Å². The first-order chi connectivity index (χ1) is 6.02. The van der Waals surface area contributed by atoms with Gasteiger partial charge < -0.3 is 5.11 Å². The van der Waals surface area contributed by atoms with E-state index >= 15 is 0 Å². The first-order valence-corrected chi connectivity index (χ1v) is 3.63. The van der Waals surface area contributed by atoms with E-state index in [0.29, 0.717) is 0 Å². The molecule has 1 rings (SSSR count). The summed E-state index contributed by atoms with van der Waals surface area (Å²) in [6.07, 6.45) is 0. The Morgan fingerprint density at radius 2 is 2.00 bits per heavy atom. The van der Waals surface area contributed by atoms with Crippen molar-refractivity contribution >= 4 is 23.4 Å². The average Bonchev–Trinajstić information content (AvgIpc) is 2.08. The van der Waals surface area contributed by atoms with Crippen molar-refractivity contribution in [3.8, 4) is 0 Å². The van der Waals surface area contributed by atoms with Crippen LogP contribution in [0.2, 0.25) is 5.02 Å². The first kappa shape index (κ1) is 9.67. The molecule has 1 aromatic rings. The Labute approximate surface area is 77.7 Å². The Kier molecular flexibility index (Phi) is 2.63. The van der Waals surface area contributed by atoms with Crippen molar-refractivity contribution in [3.63, 3.8) is 0 Å². The predicted molar refractivity (Wildman–Crippen MR) is 43.4 cm³/mol. The highest BCUT2D eigenvalue weighted by atomic mass is 35.5. The molecule has 0 aliphatic rings. The number of hydrogen-bond acceptors (Lipinski definition) is 2. The summed E-state index contributed by atoms with van der Waals surface area (Å²) < 4.78 is 12.7. The molecule has 3 nitrogen and oxygen atoms in total. The second-order valence-electron chi connectivity index (χ2n) is 2.26. The quantitative estimate of drug-likeness (QED) is 0.587. The van der Waals surface area contributed by atoms with Gasteiger partial charge in [0.1, 0.15) is 5.82 Å². The fourth-order valence-electron chi connectivity index (χ4n) is 0.761. The van der Waals surface area contributed by atoms with E-state index in [1.54, 1.807) is 0 Å². The molecule has 1 aromatic carbocycles. The van der Waals surface area contributed by atoms with Gasteiger partial charge in [0, 0.05) is 5.56 Å². The fraction of sp³-hybridized carbons (Fsp3) is 0. The zero-order chi connectivity index (χ0) is 10.0. The molecular weight excluding hydrogens is 199 g/mol. The average molecular weight is 203 g/mol. The maximum Gasteiger partial charge on any atom is 0.377 e. The molecule has 0 aromatic heterocycles. The molecule has 5 heteroatoms. The van der Waals surface area contributed by atoms with Crippen molar-refractivity contribution < 1.29 is 19.1 Å². The number of carbonyl (C=O) groups excluding carboxylic acids is 1. The highest BCUT2D eigenvalue weighted by Gasteiger charge is 2.15. The number of carbonyl (C=O) groups is 2. The maximum absolute atomic E-state index is 12.7. The van der Waals surface area contributed by atoms with Crippen LogP contribution in [0.3, 0.4) is 0 Å². The van der Waals surface area contributed by atoms with Gasteiger partial charge in [-0.15, -0.1) is 0 Å². The second-order valence-corrected chi connectivity index (χ2v) is 2.67. The normalized spacial score (nSPS) is 9.69. The van der Waals surface area contributed by atoms with Gasteiger partial charge in [0.25, 0.3) is 5.78 Å². The number of Topliss-reactive ketones (excluding diaryl/α,β-unsaturated/α-hetero) is 1. The molecular formula is C8H4ClFO3. The number of hydrogen-bond donors (Lipinski definition) is 1. The van der Waals surface area contributed by atoms with Crippen LogP contribution in [0, 0.1) is 5.82 Å². The summed E-state index contributed by atoms with van der Waals surface area (Å²) in [5.74, 6) is -3.59. The third kappa shape index (κ3) is 2.03. The zero-order valence-corrected chi connectivity index (χ0v) is 7.01. The van der Waals surface area contributed by atoms with Crippen molar-refractivity contribution in [3.05, 3.63) is 34.6 Å². The Bertz CT molecular complexity index is 376. The number of benzene rings is 1. The minimum atomic E-state index is -1.62. The maximum atomic E-state index is 12.7. The highest BCUT2D eigenvalue weighted by molar-refractivity contribution is 6.40. The predicted octanol–water partition coefficient (Wildman–Crippen LogP) is 1.75. The minimum absolute atomic E-state index is 0.151. The lowest BCUT2D eigenvalue weighted by Crippen LogP contribution is -2.12. The van der Waals surface area contributed by atoms with Crippen molar-refractivity contribution in [1.82, 2.24) is 0 Å². The minimum Gasteiger partial charge on any atom is -0.475 e. The molecule has 1 N–H and O–H groups in total. The summed E-state index contributed by atoms with van der Waals surface area (Å²) in [7, 11) is 0. The van der Waals surface area contributed by atoms with Crippen LogP contribution in [0.1, 0.15) is 10.4 Å². The van der Waals surface area contributed by atoms with Crippen molar-refractivity contribution in [2.24, 2.45) is 0 Å². The Morgan fingerprint density at radius 3 is 2.46 bits per heavy atom. The molecule has 0 saturated carbocycles. The molecule has 0 amide bonds. The monoisotopic (exact) mass is 202 g/mol. The summed E-state index contributed by atoms with van der Waals surface area (Å²) >= 11 is 5.33. The molecule has 0 unspecified atom stereocenters. The van der Waals surface area contributed by atoms with Gasteiger partial charge in [-0.05, 0) is 18.2 Å². The number of ketones is 1. The molecule has 0 aliphatic heterocycles. The number of carboxylic acids is 1. The van der Waals surface area contributed by atoms with Gasteiger partial charge in [0.05, 0.1) is 5.02 Å². The summed E-state index contributed by atoms with van der Waals surface area (Å²) in [4.78, 5) is 21.0. The van der Waals surface area contributed by atoms with Gasteiger partial charge in [-0.3, -0.25) is 4.79 Å². The van der Waals surface area contributed by atoms with Crippen LogP contribution in [-0.2, 0) is 4.79 Å². The lowest BCUT2D eigenvalue weighted by Gasteiger charge is -1.97. The summed E-state index contributed by atoms with van der Waals surface area (Å²) in [6.45, 7) is 0. The third-order valence-electron chi connectivity index (χ3n) is 1.38. The van der Waals surface area contributed by atoms with E-state index < -0.39 is 17.6 Å². The molecule has 68 valence electrons. The topological polar surface area (TPSA) is 54.4 Å². The molecule has 0 fully saturated rings. The fourth-order valence-corrected chi connectivity index (χ4v) is 0.878. The summed E-state index contributed by atoms with van der Waals surface area (Å²) in [5.41, 5.74) is -0.227. The smallest absolute Gasteiger partial charge is 0.377 e. The van der Waals surface area contributed by atoms with Crippen molar-refractivity contribution in [2.45, 2.75) is 0 Å². The van der Waals surface area contributed by atoms with E-state index in [1.807, 2.05) is 0 Å². The number of halogens is 2. The van der Waals surface area contributed by atoms with Crippen LogP contribution in [0.4, 0.5) is 4.39 Å². The Morgan fingerprint density at radius 1 is 1.38 bits per heavy atom.